The fourth-order valence-electron chi connectivity index (χ4n) is 1.78. The maximum Gasteiger partial charge on any atom is 0.434 e. The largest absolute Gasteiger partial charge is 0.434 e. The second kappa shape index (κ2) is 6.89. The van der Waals surface area contributed by atoms with Crippen LogP contribution in [0.5, 0.6) is 0 Å². The van der Waals surface area contributed by atoms with Crippen molar-refractivity contribution in [2.45, 2.75) is 37.9 Å². The second-order valence-corrected chi connectivity index (χ2v) is 8.37. The van der Waals surface area contributed by atoms with Gasteiger partial charge >= 0.3 is 6.18 Å². The molecule has 1 aliphatic heterocycles. The molecular weight excluding hydrogens is 325 g/mol. The highest BCUT2D eigenvalue weighted by molar-refractivity contribution is 8.06. The van der Waals surface area contributed by atoms with Gasteiger partial charge in [0.05, 0.1) is 10.1 Å². The summed E-state index contributed by atoms with van der Waals surface area (Å²) in [5.74, 6) is 2.91. The predicted octanol–water partition coefficient (Wildman–Crippen LogP) is 4.18. The van der Waals surface area contributed by atoms with Gasteiger partial charge in [-0.2, -0.15) is 24.9 Å². The minimum absolute atomic E-state index is 0.104. The molecular formula is C12H17F3N2S3. The molecule has 0 bridgehead atoms. The van der Waals surface area contributed by atoms with Gasteiger partial charge in [-0.3, -0.25) is 0 Å². The molecule has 1 aromatic heterocycles. The maximum absolute atomic E-state index is 13.1. The molecule has 20 heavy (non-hydrogen) atoms. The van der Waals surface area contributed by atoms with Gasteiger partial charge in [0.15, 0.2) is 5.69 Å². The number of nitrogens with zero attached hydrogens (tertiary/aromatic N) is 1. The summed E-state index contributed by atoms with van der Waals surface area (Å²) in [4.78, 5) is 4.21. The summed E-state index contributed by atoms with van der Waals surface area (Å²) in [6.07, 6.45) is -4.37. The van der Waals surface area contributed by atoms with Crippen LogP contribution in [0.25, 0.3) is 0 Å². The molecule has 0 saturated carbocycles. The van der Waals surface area contributed by atoms with Crippen molar-refractivity contribution in [3.63, 3.8) is 0 Å². The number of hydrogen-bond donors (Lipinski definition) is 1. The van der Waals surface area contributed by atoms with E-state index in [1.807, 2.05) is 13.8 Å². The Morgan fingerprint density at radius 2 is 2.10 bits per heavy atom. The van der Waals surface area contributed by atoms with Gasteiger partial charge in [-0.1, -0.05) is 13.8 Å². The van der Waals surface area contributed by atoms with Crippen molar-refractivity contribution < 1.29 is 13.2 Å². The Labute approximate surface area is 129 Å². The zero-order chi connectivity index (χ0) is 14.8. The van der Waals surface area contributed by atoms with Crippen molar-refractivity contribution in [3.8, 4) is 0 Å². The van der Waals surface area contributed by atoms with E-state index in [1.165, 1.54) is 11.3 Å². The molecule has 2 rings (SSSR count). The third-order valence-corrected chi connectivity index (χ3v) is 6.83. The van der Waals surface area contributed by atoms with E-state index in [9.17, 15) is 13.2 Å². The van der Waals surface area contributed by atoms with Crippen LogP contribution in [-0.4, -0.2) is 28.3 Å². The van der Waals surface area contributed by atoms with Gasteiger partial charge in [-0.05, 0) is 0 Å². The van der Waals surface area contributed by atoms with Crippen molar-refractivity contribution in [3.05, 3.63) is 15.6 Å². The average molecular weight is 342 g/mol. The number of aromatic nitrogens is 1. The van der Waals surface area contributed by atoms with Gasteiger partial charge < -0.3 is 5.32 Å². The molecule has 1 N–H and O–H groups in total. The topological polar surface area (TPSA) is 24.9 Å². The highest BCUT2D eigenvalue weighted by Crippen LogP contribution is 2.42. The molecule has 2 nitrogen and oxygen atoms in total. The number of alkyl halides is 3. The van der Waals surface area contributed by atoms with E-state index in [0.29, 0.717) is 9.88 Å². The Morgan fingerprint density at radius 1 is 1.35 bits per heavy atom. The zero-order valence-corrected chi connectivity index (χ0v) is 13.7. The summed E-state index contributed by atoms with van der Waals surface area (Å²) in [7, 11) is 0. The number of thiazole rings is 1. The number of rotatable bonds is 4. The van der Waals surface area contributed by atoms with Gasteiger partial charge in [-0.15, -0.1) is 23.1 Å². The Morgan fingerprint density at radius 3 is 2.65 bits per heavy atom. The molecule has 1 saturated heterocycles. The summed E-state index contributed by atoms with van der Waals surface area (Å²) >= 11 is 4.71. The number of halogens is 3. The van der Waals surface area contributed by atoms with Crippen molar-refractivity contribution in [2.24, 2.45) is 0 Å². The fraction of sp³-hybridized carbons (Fsp3) is 0.750. The fourth-order valence-corrected chi connectivity index (χ4v) is 5.80. The lowest BCUT2D eigenvalue weighted by atomic mass is 10.3. The Bertz CT molecular complexity index is 440. The van der Waals surface area contributed by atoms with Gasteiger partial charge in [0.1, 0.15) is 5.01 Å². The third-order valence-electron chi connectivity index (χ3n) is 2.74. The molecule has 114 valence electrons. The summed E-state index contributed by atoms with van der Waals surface area (Å²) in [5.41, 5.74) is -0.707. The van der Waals surface area contributed by atoms with Gasteiger partial charge in [0.2, 0.25) is 0 Å². The first-order valence-corrected chi connectivity index (χ1v) is 9.39. The van der Waals surface area contributed by atoms with E-state index in [4.69, 9.17) is 0 Å². The van der Waals surface area contributed by atoms with Gasteiger partial charge in [0.25, 0.3) is 0 Å². The molecule has 0 radical (unpaired) electrons. The normalized spacial score (nSPS) is 20.6. The highest BCUT2D eigenvalue weighted by Gasteiger charge is 2.38. The van der Waals surface area contributed by atoms with Crippen LogP contribution in [0.4, 0.5) is 13.2 Å². The summed E-state index contributed by atoms with van der Waals surface area (Å²) in [6.45, 7) is 4.07. The lowest BCUT2D eigenvalue weighted by Crippen LogP contribution is -2.23. The van der Waals surface area contributed by atoms with Crippen molar-refractivity contribution in [2.75, 3.05) is 17.3 Å². The molecule has 1 aliphatic rings. The SMILES string of the molecule is CC(C)NCc1sc(C2CSCCS2)nc1C(F)(F)F. The van der Waals surface area contributed by atoms with E-state index < -0.39 is 11.9 Å². The predicted molar refractivity (Wildman–Crippen MR) is 81.6 cm³/mol. The Kier molecular flexibility index (Phi) is 5.67. The summed E-state index contributed by atoms with van der Waals surface area (Å²) < 4.78 is 39.2. The first kappa shape index (κ1) is 16.5. The average Bonchev–Trinajstić information content (AvgIpc) is 2.81. The van der Waals surface area contributed by atoms with E-state index in [-0.39, 0.29) is 17.8 Å². The molecule has 2 heterocycles. The second-order valence-electron chi connectivity index (χ2n) is 4.79. The van der Waals surface area contributed by atoms with Crippen molar-refractivity contribution in [1.29, 1.82) is 0 Å². The first-order valence-electron chi connectivity index (χ1n) is 6.37. The molecule has 0 aromatic carbocycles. The van der Waals surface area contributed by atoms with E-state index in [2.05, 4.69) is 10.3 Å². The van der Waals surface area contributed by atoms with Gasteiger partial charge in [-0.25, -0.2) is 4.98 Å². The van der Waals surface area contributed by atoms with E-state index >= 15 is 0 Å². The Balaban J connectivity index is 2.21. The molecule has 1 fully saturated rings. The van der Waals surface area contributed by atoms with Crippen LogP contribution in [0.3, 0.4) is 0 Å². The summed E-state index contributed by atoms with van der Waals surface area (Å²) in [5, 5.41) is 3.77. The Hall–Kier alpha value is 0.0800. The van der Waals surface area contributed by atoms with Crippen LogP contribution in [0.2, 0.25) is 0 Å². The number of thioether (sulfide) groups is 2. The molecule has 1 unspecified atom stereocenters. The number of hydrogen-bond acceptors (Lipinski definition) is 5. The van der Waals surface area contributed by atoms with Crippen LogP contribution < -0.4 is 5.32 Å². The molecule has 0 aliphatic carbocycles. The standard InChI is InChI=1S/C12H17F3N2S3/c1-7(2)16-5-8-10(12(13,14)15)17-11(20-8)9-6-18-3-4-19-9/h7,9,16H,3-6H2,1-2H3. The quantitative estimate of drug-likeness (QED) is 0.887. The zero-order valence-electron chi connectivity index (χ0n) is 11.3. The van der Waals surface area contributed by atoms with Crippen molar-refractivity contribution >= 4 is 34.9 Å². The molecule has 8 heteroatoms. The van der Waals surface area contributed by atoms with Gasteiger partial charge in [0, 0.05) is 29.8 Å². The minimum Gasteiger partial charge on any atom is -0.310 e. The molecule has 1 aromatic rings. The van der Waals surface area contributed by atoms with Crippen LogP contribution >= 0.6 is 34.9 Å². The molecule has 0 amide bonds. The monoisotopic (exact) mass is 342 g/mol. The summed E-state index contributed by atoms with van der Waals surface area (Å²) in [6, 6.07) is 0.154. The van der Waals surface area contributed by atoms with Crippen LogP contribution in [0.15, 0.2) is 0 Å². The lowest BCUT2D eigenvalue weighted by molar-refractivity contribution is -0.141. The molecule has 0 spiro atoms. The third kappa shape index (κ3) is 4.29. The van der Waals surface area contributed by atoms with Crippen LogP contribution in [0, 0.1) is 0 Å². The van der Waals surface area contributed by atoms with Crippen molar-refractivity contribution in [1.82, 2.24) is 10.3 Å². The lowest BCUT2D eigenvalue weighted by Gasteiger charge is -2.18. The molecule has 1 atom stereocenters. The van der Waals surface area contributed by atoms with E-state index in [0.717, 1.165) is 17.3 Å². The van der Waals surface area contributed by atoms with Crippen LogP contribution in [0.1, 0.15) is 34.7 Å². The minimum atomic E-state index is -4.37. The number of nitrogens with one attached hydrogen (secondary N) is 1. The smallest absolute Gasteiger partial charge is 0.310 e. The highest BCUT2D eigenvalue weighted by atomic mass is 32.2. The first-order chi connectivity index (χ1) is 9.38. The maximum atomic E-state index is 13.1. The van der Waals surface area contributed by atoms with Crippen LogP contribution in [-0.2, 0) is 12.7 Å². The van der Waals surface area contributed by atoms with E-state index in [1.54, 1.807) is 23.5 Å².